The van der Waals surface area contributed by atoms with E-state index in [2.05, 4.69) is 5.32 Å². The zero-order valence-corrected chi connectivity index (χ0v) is 11.6. The Bertz CT molecular complexity index is 391. The molecule has 0 aromatic heterocycles. The number of aryl methyl sites for hydroxylation is 1. The normalized spacial score (nSPS) is 12.0. The average molecular weight is 250 g/mol. The van der Waals surface area contributed by atoms with Crippen molar-refractivity contribution in [2.75, 3.05) is 27.2 Å². The first-order valence-corrected chi connectivity index (χ1v) is 6.14. The Morgan fingerprint density at radius 3 is 2.78 bits per heavy atom. The van der Waals surface area contributed by atoms with Crippen LogP contribution in [0, 0.1) is 6.92 Å². The number of nitrogens with one attached hydrogen (secondary N) is 1. The number of likely N-dealkylation sites (N-methyl/N-ethyl adjacent to an activating group) is 1. The van der Waals surface area contributed by atoms with Crippen molar-refractivity contribution in [3.63, 3.8) is 0 Å². The van der Waals surface area contributed by atoms with Crippen molar-refractivity contribution in [3.05, 3.63) is 29.8 Å². The lowest BCUT2D eigenvalue weighted by Gasteiger charge is -2.18. The van der Waals surface area contributed by atoms with Crippen molar-refractivity contribution in [1.29, 1.82) is 0 Å². The number of carbonyl (C=O) groups excluding carboxylic acids is 1. The maximum Gasteiger partial charge on any atom is 0.238 e. The molecule has 1 aromatic carbocycles. The highest BCUT2D eigenvalue weighted by Crippen LogP contribution is 2.11. The Morgan fingerprint density at radius 1 is 1.44 bits per heavy atom. The van der Waals surface area contributed by atoms with Crippen LogP contribution in [-0.4, -0.2) is 44.1 Å². The summed E-state index contributed by atoms with van der Waals surface area (Å²) in [6, 6.07) is 7.75. The zero-order valence-electron chi connectivity index (χ0n) is 11.6. The molecule has 0 heterocycles. The summed E-state index contributed by atoms with van der Waals surface area (Å²) >= 11 is 0. The summed E-state index contributed by atoms with van der Waals surface area (Å²) in [4.78, 5) is 13.2. The molecule has 100 valence electrons. The molecule has 4 nitrogen and oxygen atoms in total. The van der Waals surface area contributed by atoms with Gasteiger partial charge in [0.05, 0.1) is 6.04 Å². The predicted molar refractivity (Wildman–Crippen MR) is 72.8 cm³/mol. The number of hydrogen-bond donors (Lipinski definition) is 1. The van der Waals surface area contributed by atoms with Crippen LogP contribution in [0.4, 0.5) is 0 Å². The third-order valence-corrected chi connectivity index (χ3v) is 2.62. The lowest BCUT2D eigenvalue weighted by molar-refractivity contribution is -0.130. The fraction of sp³-hybridized carbons (Fsp3) is 0.500. The largest absolute Gasteiger partial charge is 0.492 e. The second-order valence-electron chi connectivity index (χ2n) is 4.57. The molecule has 1 unspecified atom stereocenters. The minimum Gasteiger partial charge on any atom is -0.492 e. The van der Waals surface area contributed by atoms with Gasteiger partial charge >= 0.3 is 0 Å². The van der Waals surface area contributed by atoms with Gasteiger partial charge in [-0.15, -0.1) is 0 Å². The zero-order chi connectivity index (χ0) is 13.5. The Labute approximate surface area is 109 Å². The van der Waals surface area contributed by atoms with Crippen LogP contribution in [0.1, 0.15) is 12.5 Å². The van der Waals surface area contributed by atoms with Gasteiger partial charge in [-0.05, 0) is 31.5 Å². The number of benzene rings is 1. The summed E-state index contributed by atoms with van der Waals surface area (Å²) in [6.45, 7) is 5.08. The smallest absolute Gasteiger partial charge is 0.238 e. The van der Waals surface area contributed by atoms with Gasteiger partial charge in [0.15, 0.2) is 0 Å². The SMILES string of the molecule is Cc1cccc(OCCNC(C)C(=O)N(C)C)c1. The molecule has 0 saturated heterocycles. The minimum absolute atomic E-state index is 0.0746. The average Bonchev–Trinajstić information content (AvgIpc) is 2.33. The maximum absolute atomic E-state index is 11.6. The van der Waals surface area contributed by atoms with E-state index < -0.39 is 0 Å². The third kappa shape index (κ3) is 4.75. The Hall–Kier alpha value is -1.55. The maximum atomic E-state index is 11.6. The quantitative estimate of drug-likeness (QED) is 0.777. The lowest BCUT2D eigenvalue weighted by atomic mass is 10.2. The second-order valence-corrected chi connectivity index (χ2v) is 4.57. The van der Waals surface area contributed by atoms with Gasteiger partial charge in [-0.1, -0.05) is 12.1 Å². The van der Waals surface area contributed by atoms with Gasteiger partial charge in [-0.25, -0.2) is 0 Å². The van der Waals surface area contributed by atoms with Crippen molar-refractivity contribution in [2.24, 2.45) is 0 Å². The predicted octanol–water partition coefficient (Wildman–Crippen LogP) is 1.44. The highest BCUT2D eigenvalue weighted by atomic mass is 16.5. The first kappa shape index (κ1) is 14.5. The van der Waals surface area contributed by atoms with Crippen molar-refractivity contribution >= 4 is 5.91 Å². The number of carbonyl (C=O) groups is 1. The van der Waals surface area contributed by atoms with Gasteiger partial charge in [0.2, 0.25) is 5.91 Å². The molecule has 0 aliphatic rings. The van der Waals surface area contributed by atoms with Crippen LogP contribution in [0.2, 0.25) is 0 Å². The molecule has 18 heavy (non-hydrogen) atoms. The van der Waals surface area contributed by atoms with Crippen LogP contribution in [0.5, 0.6) is 5.75 Å². The molecule has 4 heteroatoms. The van der Waals surface area contributed by atoms with Crippen molar-refractivity contribution < 1.29 is 9.53 Å². The van der Waals surface area contributed by atoms with E-state index in [1.165, 1.54) is 5.56 Å². The summed E-state index contributed by atoms with van der Waals surface area (Å²) in [5, 5.41) is 3.13. The van der Waals surface area contributed by atoms with Crippen LogP contribution in [0.3, 0.4) is 0 Å². The topological polar surface area (TPSA) is 41.6 Å². The molecule has 0 spiro atoms. The van der Waals surface area contributed by atoms with E-state index in [0.29, 0.717) is 13.2 Å². The van der Waals surface area contributed by atoms with Crippen molar-refractivity contribution in [3.8, 4) is 5.75 Å². The van der Waals surface area contributed by atoms with E-state index in [1.54, 1.807) is 19.0 Å². The van der Waals surface area contributed by atoms with E-state index in [9.17, 15) is 4.79 Å². The van der Waals surface area contributed by atoms with Gasteiger partial charge in [0.1, 0.15) is 12.4 Å². The van der Waals surface area contributed by atoms with E-state index in [4.69, 9.17) is 4.74 Å². The van der Waals surface area contributed by atoms with E-state index in [0.717, 1.165) is 5.75 Å². The number of rotatable bonds is 6. The third-order valence-electron chi connectivity index (χ3n) is 2.62. The molecule has 1 N–H and O–H groups in total. The standard InChI is InChI=1S/C14H22N2O2/c1-11-6-5-7-13(10-11)18-9-8-15-12(2)14(17)16(3)4/h5-7,10,12,15H,8-9H2,1-4H3. The van der Waals surface area contributed by atoms with Gasteiger partial charge in [0.25, 0.3) is 0 Å². The van der Waals surface area contributed by atoms with Gasteiger partial charge in [-0.3, -0.25) is 4.79 Å². The number of nitrogens with zero attached hydrogens (tertiary/aromatic N) is 1. The molecule has 0 bridgehead atoms. The van der Waals surface area contributed by atoms with Crippen molar-refractivity contribution in [1.82, 2.24) is 10.2 Å². The molecule has 1 amide bonds. The van der Waals surface area contributed by atoms with Crippen LogP contribution >= 0.6 is 0 Å². The van der Waals surface area contributed by atoms with Crippen LogP contribution in [0.25, 0.3) is 0 Å². The lowest BCUT2D eigenvalue weighted by Crippen LogP contribution is -2.42. The van der Waals surface area contributed by atoms with E-state index in [1.807, 2.05) is 38.1 Å². The highest BCUT2D eigenvalue weighted by molar-refractivity contribution is 5.80. The van der Waals surface area contributed by atoms with E-state index >= 15 is 0 Å². The van der Waals surface area contributed by atoms with Gasteiger partial charge in [-0.2, -0.15) is 0 Å². The Balaban J connectivity index is 2.25. The molecule has 1 aromatic rings. The summed E-state index contributed by atoms with van der Waals surface area (Å²) in [5.74, 6) is 0.939. The second kappa shape index (κ2) is 7.01. The molecule has 0 fully saturated rings. The van der Waals surface area contributed by atoms with Crippen LogP contribution < -0.4 is 10.1 Å². The van der Waals surface area contributed by atoms with Gasteiger partial charge < -0.3 is 15.0 Å². The molecule has 0 aliphatic carbocycles. The Morgan fingerprint density at radius 2 is 2.17 bits per heavy atom. The van der Waals surface area contributed by atoms with Crippen LogP contribution in [-0.2, 0) is 4.79 Å². The fourth-order valence-electron chi connectivity index (χ4n) is 1.62. The van der Waals surface area contributed by atoms with Crippen LogP contribution in [0.15, 0.2) is 24.3 Å². The minimum atomic E-state index is -0.180. The summed E-state index contributed by atoms with van der Waals surface area (Å²) in [5.41, 5.74) is 1.18. The summed E-state index contributed by atoms with van der Waals surface area (Å²) < 4.78 is 5.59. The molecular weight excluding hydrogens is 228 g/mol. The highest BCUT2D eigenvalue weighted by Gasteiger charge is 2.13. The molecule has 0 aliphatic heterocycles. The summed E-state index contributed by atoms with van der Waals surface area (Å²) in [6.07, 6.45) is 0. The van der Waals surface area contributed by atoms with E-state index in [-0.39, 0.29) is 11.9 Å². The molecule has 1 atom stereocenters. The molecule has 0 radical (unpaired) electrons. The van der Waals surface area contributed by atoms with Crippen molar-refractivity contribution in [2.45, 2.75) is 19.9 Å². The van der Waals surface area contributed by atoms with Gasteiger partial charge in [0, 0.05) is 20.6 Å². The summed E-state index contributed by atoms with van der Waals surface area (Å²) in [7, 11) is 3.51. The molecular formula is C14H22N2O2. The Kier molecular flexibility index (Phi) is 5.65. The first-order valence-electron chi connectivity index (χ1n) is 6.14. The monoisotopic (exact) mass is 250 g/mol. The number of ether oxygens (including phenoxy) is 1. The number of amides is 1. The first-order chi connectivity index (χ1) is 8.50. The fourth-order valence-corrected chi connectivity index (χ4v) is 1.62. The number of hydrogen-bond acceptors (Lipinski definition) is 3. The molecule has 1 rings (SSSR count). The molecule has 0 saturated carbocycles.